The van der Waals surface area contributed by atoms with Crippen molar-refractivity contribution < 1.29 is 4.79 Å². The van der Waals surface area contributed by atoms with Gasteiger partial charge in [0.1, 0.15) is 0 Å². The lowest BCUT2D eigenvalue weighted by Gasteiger charge is -2.05. The van der Waals surface area contributed by atoms with E-state index in [0.29, 0.717) is 10.7 Å². The molecule has 23 heavy (non-hydrogen) atoms. The van der Waals surface area contributed by atoms with Crippen LogP contribution < -0.4 is 5.32 Å². The molecule has 1 heterocycles. The number of anilines is 1. The van der Waals surface area contributed by atoms with E-state index in [9.17, 15) is 4.79 Å². The number of rotatable bonds is 5. The maximum atomic E-state index is 12.5. The summed E-state index contributed by atoms with van der Waals surface area (Å²) in [5, 5.41) is 13.6. The molecule has 0 radical (unpaired) electrons. The van der Waals surface area contributed by atoms with Gasteiger partial charge in [-0.2, -0.15) is 0 Å². The molecule has 0 aliphatic heterocycles. The van der Waals surface area contributed by atoms with E-state index in [1.165, 1.54) is 24.2 Å². The minimum atomic E-state index is -0.142. The third-order valence-electron chi connectivity index (χ3n) is 3.80. The van der Waals surface area contributed by atoms with Crippen molar-refractivity contribution in [2.24, 2.45) is 5.92 Å². The Balaban J connectivity index is 1.50. The number of carbonyl (C=O) groups is 1. The van der Waals surface area contributed by atoms with Crippen molar-refractivity contribution in [3.8, 4) is 0 Å². The minimum Gasteiger partial charge on any atom is -0.296 e. The summed E-state index contributed by atoms with van der Waals surface area (Å²) in [4.78, 5) is 12.5. The highest BCUT2D eigenvalue weighted by atomic mass is 32.2. The molecule has 1 aliphatic carbocycles. The molecular weight excluding hydrogens is 326 g/mol. The van der Waals surface area contributed by atoms with Crippen LogP contribution in [0.15, 0.2) is 46.8 Å². The molecule has 0 unspecified atom stereocenters. The van der Waals surface area contributed by atoms with Gasteiger partial charge in [0, 0.05) is 11.3 Å². The first-order chi connectivity index (χ1) is 11.3. The maximum absolute atomic E-state index is 12.5. The lowest BCUT2D eigenvalue weighted by atomic mass is 10.0. The minimum absolute atomic E-state index is 0.142. The summed E-state index contributed by atoms with van der Waals surface area (Å²) >= 11 is 3.17. The first-order valence-corrected chi connectivity index (χ1v) is 9.35. The van der Waals surface area contributed by atoms with Crippen LogP contribution in [0.4, 0.5) is 5.13 Å². The number of fused-ring (bicyclic) bond motifs is 1. The van der Waals surface area contributed by atoms with Crippen molar-refractivity contribution >= 4 is 44.9 Å². The Morgan fingerprint density at radius 2 is 2.00 bits per heavy atom. The van der Waals surface area contributed by atoms with E-state index in [1.54, 1.807) is 11.8 Å². The van der Waals surface area contributed by atoms with Crippen LogP contribution in [-0.4, -0.2) is 21.9 Å². The summed E-state index contributed by atoms with van der Waals surface area (Å²) in [6, 6.07) is 13.6. The zero-order valence-electron chi connectivity index (χ0n) is 12.4. The molecule has 2 aromatic carbocycles. The van der Waals surface area contributed by atoms with Gasteiger partial charge in [0.25, 0.3) is 5.91 Å². The van der Waals surface area contributed by atoms with Gasteiger partial charge in [-0.1, -0.05) is 59.5 Å². The number of nitrogens with one attached hydrogen (secondary N) is 1. The number of aromatic nitrogens is 2. The average molecular weight is 341 g/mol. The Kier molecular flexibility index (Phi) is 4.01. The molecule has 1 N–H and O–H groups in total. The second-order valence-electron chi connectivity index (χ2n) is 5.61. The molecular formula is C17H15N3OS2. The van der Waals surface area contributed by atoms with Gasteiger partial charge in [-0.3, -0.25) is 10.1 Å². The molecule has 0 saturated heterocycles. The fraction of sp³-hybridized carbons (Fsp3) is 0.235. The fourth-order valence-corrected chi connectivity index (χ4v) is 4.34. The molecule has 1 aliphatic rings. The van der Waals surface area contributed by atoms with E-state index < -0.39 is 0 Å². The normalized spacial score (nSPS) is 14.1. The quantitative estimate of drug-likeness (QED) is 0.550. The Labute approximate surface area is 142 Å². The maximum Gasteiger partial charge on any atom is 0.258 e. The zero-order valence-corrected chi connectivity index (χ0v) is 14.0. The molecule has 4 rings (SSSR count). The highest BCUT2D eigenvalue weighted by Gasteiger charge is 2.22. The molecule has 3 aromatic rings. The molecule has 0 bridgehead atoms. The van der Waals surface area contributed by atoms with E-state index in [2.05, 4.69) is 15.5 Å². The number of nitrogens with zero attached hydrogens (tertiary/aromatic N) is 2. The van der Waals surface area contributed by atoms with Crippen LogP contribution in [0.2, 0.25) is 0 Å². The molecule has 4 nitrogen and oxygen atoms in total. The molecule has 1 fully saturated rings. The van der Waals surface area contributed by atoms with E-state index in [1.807, 2.05) is 42.5 Å². The highest BCUT2D eigenvalue weighted by Crippen LogP contribution is 2.36. The van der Waals surface area contributed by atoms with Gasteiger partial charge in [-0.15, -0.1) is 10.2 Å². The third-order valence-corrected chi connectivity index (χ3v) is 6.00. The van der Waals surface area contributed by atoms with Crippen LogP contribution in [0.5, 0.6) is 0 Å². The fourth-order valence-electron chi connectivity index (χ4n) is 2.38. The molecule has 116 valence electrons. The van der Waals surface area contributed by atoms with Crippen molar-refractivity contribution in [1.82, 2.24) is 10.2 Å². The first kappa shape index (κ1) is 14.7. The van der Waals surface area contributed by atoms with E-state index in [4.69, 9.17) is 0 Å². The summed E-state index contributed by atoms with van der Waals surface area (Å²) in [6.45, 7) is 0. The Morgan fingerprint density at radius 1 is 1.17 bits per heavy atom. The summed E-state index contributed by atoms with van der Waals surface area (Å²) in [7, 11) is 0. The summed E-state index contributed by atoms with van der Waals surface area (Å²) in [5.41, 5.74) is 0.658. The Bertz CT molecular complexity index is 852. The van der Waals surface area contributed by atoms with Gasteiger partial charge in [-0.05, 0) is 35.6 Å². The summed E-state index contributed by atoms with van der Waals surface area (Å²) in [5.74, 6) is 1.81. The molecule has 0 spiro atoms. The van der Waals surface area contributed by atoms with Gasteiger partial charge in [0.15, 0.2) is 4.34 Å². The predicted octanol–water partition coefficient (Wildman–Crippen LogP) is 4.45. The molecule has 1 aromatic heterocycles. The topological polar surface area (TPSA) is 54.9 Å². The largest absolute Gasteiger partial charge is 0.296 e. The summed E-state index contributed by atoms with van der Waals surface area (Å²) in [6.07, 6.45) is 2.66. The van der Waals surface area contributed by atoms with E-state index in [0.717, 1.165) is 26.8 Å². The van der Waals surface area contributed by atoms with Crippen molar-refractivity contribution in [2.75, 3.05) is 11.1 Å². The number of hydrogen-bond acceptors (Lipinski definition) is 5. The van der Waals surface area contributed by atoms with Crippen LogP contribution in [0, 0.1) is 5.92 Å². The molecule has 1 saturated carbocycles. The second kappa shape index (κ2) is 6.29. The van der Waals surface area contributed by atoms with Crippen LogP contribution in [0.1, 0.15) is 23.2 Å². The predicted molar refractivity (Wildman–Crippen MR) is 95.3 cm³/mol. The van der Waals surface area contributed by atoms with Crippen LogP contribution >= 0.6 is 23.1 Å². The lowest BCUT2D eigenvalue weighted by molar-refractivity contribution is 0.102. The van der Waals surface area contributed by atoms with Crippen molar-refractivity contribution in [3.63, 3.8) is 0 Å². The van der Waals surface area contributed by atoms with E-state index in [-0.39, 0.29) is 5.91 Å². The van der Waals surface area contributed by atoms with E-state index >= 15 is 0 Å². The molecule has 1 amide bonds. The summed E-state index contributed by atoms with van der Waals surface area (Å²) < 4.78 is 0.921. The van der Waals surface area contributed by atoms with Crippen LogP contribution in [0.25, 0.3) is 10.8 Å². The zero-order chi connectivity index (χ0) is 15.6. The van der Waals surface area contributed by atoms with Gasteiger partial charge in [0.05, 0.1) is 0 Å². The molecule has 0 atom stereocenters. The SMILES string of the molecule is O=C(Nc1nnc(SCC2CC2)s1)c1cccc2ccccc12. The number of amides is 1. The second-order valence-corrected chi connectivity index (χ2v) is 7.85. The van der Waals surface area contributed by atoms with Gasteiger partial charge in [-0.25, -0.2) is 0 Å². The Hall–Kier alpha value is -1.92. The first-order valence-electron chi connectivity index (χ1n) is 7.55. The van der Waals surface area contributed by atoms with Crippen LogP contribution in [-0.2, 0) is 0 Å². The number of benzene rings is 2. The number of hydrogen-bond donors (Lipinski definition) is 1. The van der Waals surface area contributed by atoms with Crippen molar-refractivity contribution in [1.29, 1.82) is 0 Å². The Morgan fingerprint density at radius 3 is 2.87 bits per heavy atom. The monoisotopic (exact) mass is 341 g/mol. The van der Waals surface area contributed by atoms with Crippen LogP contribution in [0.3, 0.4) is 0 Å². The lowest BCUT2D eigenvalue weighted by Crippen LogP contribution is -2.12. The average Bonchev–Trinajstić information content (AvgIpc) is 3.31. The number of thioether (sulfide) groups is 1. The van der Waals surface area contributed by atoms with Gasteiger partial charge >= 0.3 is 0 Å². The standard InChI is InChI=1S/C17H15N3OS2/c21-15(14-7-3-5-12-4-1-2-6-13(12)14)18-16-19-20-17(23-16)22-10-11-8-9-11/h1-7,11H,8-10H2,(H,18,19,21). The smallest absolute Gasteiger partial charge is 0.258 e. The third kappa shape index (κ3) is 3.38. The number of carbonyl (C=O) groups excluding carboxylic acids is 1. The van der Waals surface area contributed by atoms with Gasteiger partial charge < -0.3 is 0 Å². The van der Waals surface area contributed by atoms with Gasteiger partial charge in [0.2, 0.25) is 5.13 Å². The van der Waals surface area contributed by atoms with Crippen molar-refractivity contribution in [3.05, 3.63) is 48.0 Å². The van der Waals surface area contributed by atoms with Crippen molar-refractivity contribution in [2.45, 2.75) is 17.2 Å². The highest BCUT2D eigenvalue weighted by molar-refractivity contribution is 8.01. The molecule has 6 heteroatoms.